The molecule has 1 saturated heterocycles. The first kappa shape index (κ1) is 14.3. The van der Waals surface area contributed by atoms with Gasteiger partial charge >= 0.3 is 5.97 Å². The molecule has 1 aliphatic heterocycles. The second-order valence-corrected chi connectivity index (χ2v) is 5.43. The second-order valence-electron chi connectivity index (χ2n) is 5.43. The third kappa shape index (κ3) is 2.48. The average Bonchev–Trinajstić information content (AvgIpc) is 2.60. The zero-order valence-electron chi connectivity index (χ0n) is 12.5. The molecule has 0 atom stereocenters. The van der Waals surface area contributed by atoms with Gasteiger partial charge in [-0.1, -0.05) is 18.2 Å². The Morgan fingerprint density at radius 1 is 1.36 bits per heavy atom. The van der Waals surface area contributed by atoms with Crippen molar-refractivity contribution >= 4 is 22.6 Å². The molecule has 1 aromatic carbocycles. The maximum Gasteiger partial charge on any atom is 0.308 e. The SMILES string of the molecule is COC(=O)C1CCN(c2c(C#N)cnc3ccccc23)CC1. The minimum absolute atomic E-state index is 0.0418. The predicted octanol–water partition coefficient (Wildman–Crippen LogP) is 2.50. The molecular formula is C17H17N3O2. The number of methoxy groups -OCH3 is 1. The summed E-state index contributed by atoms with van der Waals surface area (Å²) in [7, 11) is 1.43. The third-order valence-corrected chi connectivity index (χ3v) is 4.21. The van der Waals surface area contributed by atoms with Gasteiger partial charge in [-0.2, -0.15) is 5.26 Å². The molecule has 0 unspecified atom stereocenters. The maximum absolute atomic E-state index is 11.6. The van der Waals surface area contributed by atoms with Crippen molar-refractivity contribution in [1.29, 1.82) is 5.26 Å². The van der Waals surface area contributed by atoms with Crippen LogP contribution in [0.4, 0.5) is 5.69 Å². The van der Waals surface area contributed by atoms with Crippen molar-refractivity contribution in [2.24, 2.45) is 5.92 Å². The molecule has 0 amide bonds. The van der Waals surface area contributed by atoms with Crippen LogP contribution in [0, 0.1) is 17.2 Å². The van der Waals surface area contributed by atoms with E-state index in [4.69, 9.17) is 4.74 Å². The number of benzene rings is 1. The van der Waals surface area contributed by atoms with E-state index >= 15 is 0 Å². The molecule has 0 bridgehead atoms. The van der Waals surface area contributed by atoms with E-state index in [-0.39, 0.29) is 11.9 Å². The number of fused-ring (bicyclic) bond motifs is 1. The Morgan fingerprint density at radius 3 is 2.77 bits per heavy atom. The Kier molecular flexibility index (Phi) is 3.92. The second kappa shape index (κ2) is 6.02. The summed E-state index contributed by atoms with van der Waals surface area (Å²) in [5.41, 5.74) is 2.39. The highest BCUT2D eigenvalue weighted by Crippen LogP contribution is 2.32. The molecule has 5 nitrogen and oxygen atoms in total. The van der Waals surface area contributed by atoms with Crippen LogP contribution in [0.25, 0.3) is 10.9 Å². The number of carbonyl (C=O) groups excluding carboxylic acids is 1. The Hall–Kier alpha value is -2.61. The molecule has 0 radical (unpaired) electrons. The van der Waals surface area contributed by atoms with Gasteiger partial charge in [0.1, 0.15) is 6.07 Å². The Balaban J connectivity index is 1.94. The van der Waals surface area contributed by atoms with Gasteiger partial charge in [0.2, 0.25) is 0 Å². The number of pyridine rings is 1. The first-order chi connectivity index (χ1) is 10.7. The topological polar surface area (TPSA) is 66.2 Å². The highest BCUT2D eigenvalue weighted by Gasteiger charge is 2.27. The predicted molar refractivity (Wildman–Crippen MR) is 83.4 cm³/mol. The van der Waals surface area contributed by atoms with Crippen LogP contribution in [0.15, 0.2) is 30.5 Å². The lowest BCUT2D eigenvalue weighted by Gasteiger charge is -2.33. The number of esters is 1. The van der Waals surface area contributed by atoms with E-state index in [9.17, 15) is 10.1 Å². The van der Waals surface area contributed by atoms with Gasteiger partial charge in [-0.3, -0.25) is 9.78 Å². The summed E-state index contributed by atoms with van der Waals surface area (Å²) in [6.45, 7) is 1.48. The highest BCUT2D eigenvalue weighted by atomic mass is 16.5. The number of nitrogens with zero attached hydrogens (tertiary/aromatic N) is 3. The molecule has 1 aliphatic rings. The molecule has 0 spiro atoms. The Labute approximate surface area is 129 Å². The minimum Gasteiger partial charge on any atom is -0.469 e. The molecule has 3 rings (SSSR count). The first-order valence-electron chi connectivity index (χ1n) is 7.35. The molecule has 2 aromatic rings. The lowest BCUT2D eigenvalue weighted by Crippen LogP contribution is -2.37. The van der Waals surface area contributed by atoms with Crippen LogP contribution in [-0.4, -0.2) is 31.2 Å². The minimum atomic E-state index is -0.139. The van der Waals surface area contributed by atoms with Gasteiger partial charge in [0.25, 0.3) is 0 Å². The third-order valence-electron chi connectivity index (χ3n) is 4.21. The summed E-state index contributed by atoms with van der Waals surface area (Å²) in [6, 6.07) is 10.1. The van der Waals surface area contributed by atoms with Gasteiger partial charge in [0.05, 0.1) is 29.8 Å². The fourth-order valence-corrected chi connectivity index (χ4v) is 3.05. The van der Waals surface area contributed by atoms with Crippen LogP contribution in [-0.2, 0) is 9.53 Å². The van der Waals surface area contributed by atoms with E-state index in [1.54, 1.807) is 6.20 Å². The molecule has 0 saturated carbocycles. The number of hydrogen-bond acceptors (Lipinski definition) is 5. The number of carbonyl (C=O) groups is 1. The number of rotatable bonds is 2. The molecule has 22 heavy (non-hydrogen) atoms. The summed E-state index contributed by atoms with van der Waals surface area (Å²) in [5, 5.41) is 10.4. The van der Waals surface area contributed by atoms with Gasteiger partial charge in [0.15, 0.2) is 0 Å². The molecule has 0 aliphatic carbocycles. The number of hydrogen-bond donors (Lipinski definition) is 0. The van der Waals surface area contributed by atoms with Crippen LogP contribution in [0.3, 0.4) is 0 Å². The number of piperidine rings is 1. The van der Waals surface area contributed by atoms with Crippen molar-refractivity contribution in [2.75, 3.05) is 25.1 Å². The van der Waals surface area contributed by atoms with Crippen LogP contribution >= 0.6 is 0 Å². The molecule has 1 fully saturated rings. The van der Waals surface area contributed by atoms with Gasteiger partial charge in [-0.15, -0.1) is 0 Å². The number of aromatic nitrogens is 1. The van der Waals surface area contributed by atoms with Crippen molar-refractivity contribution in [3.8, 4) is 6.07 Å². The standard InChI is InChI=1S/C17H17N3O2/c1-22-17(21)12-6-8-20(9-7-12)16-13(10-18)11-19-15-5-3-2-4-14(15)16/h2-5,11-12H,6-9H2,1H3. The van der Waals surface area contributed by atoms with Gasteiger partial charge in [-0.05, 0) is 18.9 Å². The largest absolute Gasteiger partial charge is 0.469 e. The van der Waals surface area contributed by atoms with E-state index in [1.807, 2.05) is 24.3 Å². The molecular weight excluding hydrogens is 278 g/mol. The van der Waals surface area contributed by atoms with E-state index in [0.717, 1.165) is 42.5 Å². The van der Waals surface area contributed by atoms with Gasteiger partial charge in [-0.25, -0.2) is 0 Å². The van der Waals surface area contributed by atoms with Crippen molar-refractivity contribution in [2.45, 2.75) is 12.8 Å². The quantitative estimate of drug-likeness (QED) is 0.796. The van der Waals surface area contributed by atoms with Gasteiger partial charge in [0, 0.05) is 24.7 Å². The number of para-hydroxylation sites is 1. The molecule has 112 valence electrons. The fraction of sp³-hybridized carbons (Fsp3) is 0.353. The van der Waals surface area contributed by atoms with Crippen molar-refractivity contribution in [3.05, 3.63) is 36.0 Å². The highest BCUT2D eigenvalue weighted by molar-refractivity contribution is 5.94. The van der Waals surface area contributed by atoms with E-state index in [2.05, 4.69) is 16.0 Å². The number of ether oxygens (including phenoxy) is 1. The summed E-state index contributed by atoms with van der Waals surface area (Å²) in [5.74, 6) is -0.181. The normalized spacial score (nSPS) is 15.5. The average molecular weight is 295 g/mol. The summed E-state index contributed by atoms with van der Waals surface area (Å²) in [6.07, 6.45) is 3.12. The van der Waals surface area contributed by atoms with E-state index in [0.29, 0.717) is 5.56 Å². The van der Waals surface area contributed by atoms with Crippen molar-refractivity contribution in [1.82, 2.24) is 4.98 Å². The lowest BCUT2D eigenvalue weighted by molar-refractivity contribution is -0.146. The zero-order valence-corrected chi connectivity index (χ0v) is 12.5. The Bertz CT molecular complexity index is 743. The van der Waals surface area contributed by atoms with E-state index in [1.165, 1.54) is 7.11 Å². The first-order valence-corrected chi connectivity index (χ1v) is 7.35. The van der Waals surface area contributed by atoms with Crippen LogP contribution in [0.1, 0.15) is 18.4 Å². The van der Waals surface area contributed by atoms with Crippen LogP contribution in [0.2, 0.25) is 0 Å². The Morgan fingerprint density at radius 2 is 2.09 bits per heavy atom. The smallest absolute Gasteiger partial charge is 0.308 e. The molecule has 2 heterocycles. The van der Waals surface area contributed by atoms with Crippen molar-refractivity contribution in [3.63, 3.8) is 0 Å². The van der Waals surface area contributed by atoms with E-state index < -0.39 is 0 Å². The summed E-state index contributed by atoms with van der Waals surface area (Å²) in [4.78, 5) is 18.2. The zero-order chi connectivity index (χ0) is 15.5. The maximum atomic E-state index is 11.6. The molecule has 5 heteroatoms. The number of nitriles is 1. The van der Waals surface area contributed by atoms with Crippen molar-refractivity contribution < 1.29 is 9.53 Å². The van der Waals surface area contributed by atoms with Crippen LogP contribution in [0.5, 0.6) is 0 Å². The summed E-state index contributed by atoms with van der Waals surface area (Å²) < 4.78 is 4.83. The van der Waals surface area contributed by atoms with Gasteiger partial charge < -0.3 is 9.64 Å². The molecule has 1 aromatic heterocycles. The fourth-order valence-electron chi connectivity index (χ4n) is 3.05. The lowest BCUT2D eigenvalue weighted by atomic mass is 9.95. The summed E-state index contributed by atoms with van der Waals surface area (Å²) >= 11 is 0. The monoisotopic (exact) mass is 295 g/mol. The molecule has 0 N–H and O–H groups in total. The van der Waals surface area contributed by atoms with Crippen LogP contribution < -0.4 is 4.90 Å². The number of anilines is 1.